The third-order valence-electron chi connectivity index (χ3n) is 3.93. The van der Waals surface area contributed by atoms with Crippen LogP contribution >= 0.6 is 0 Å². The number of rotatable bonds is 3. The summed E-state index contributed by atoms with van der Waals surface area (Å²) in [6.07, 6.45) is 1.76. The topological polar surface area (TPSA) is 29.5 Å². The van der Waals surface area contributed by atoms with Gasteiger partial charge in [0.15, 0.2) is 0 Å². The molecule has 0 saturated carbocycles. The Kier molecular flexibility index (Phi) is 4.28. The minimum absolute atomic E-state index is 0.0910. The van der Waals surface area contributed by atoms with Gasteiger partial charge in [0.05, 0.1) is 5.56 Å². The molecule has 0 aliphatic carbocycles. The van der Waals surface area contributed by atoms with Crippen molar-refractivity contribution in [3.05, 3.63) is 59.2 Å². The van der Waals surface area contributed by atoms with Crippen LogP contribution in [0.5, 0.6) is 5.75 Å². The smallest absolute Gasteiger partial charge is 0.387 e. The van der Waals surface area contributed by atoms with E-state index in [2.05, 4.69) is 10.8 Å². The first-order valence-electron chi connectivity index (χ1n) is 7.51. The molecule has 120 valence electrons. The number of halogens is 2. The molecule has 0 atom stereocenters. The average molecular weight is 317 g/mol. The number of nitrogens with zero attached hydrogens (tertiary/aromatic N) is 1. The van der Waals surface area contributed by atoms with E-state index in [1.165, 1.54) is 12.1 Å². The molecule has 2 aromatic carbocycles. The summed E-state index contributed by atoms with van der Waals surface area (Å²) in [5.74, 6) is -0.405. The fourth-order valence-corrected chi connectivity index (χ4v) is 2.92. The van der Waals surface area contributed by atoms with Crippen LogP contribution in [-0.4, -0.2) is 19.1 Å². The molecule has 1 aliphatic heterocycles. The van der Waals surface area contributed by atoms with Crippen LogP contribution in [0.4, 0.5) is 14.5 Å². The van der Waals surface area contributed by atoms with E-state index in [4.69, 9.17) is 0 Å². The van der Waals surface area contributed by atoms with Gasteiger partial charge in [0, 0.05) is 12.2 Å². The molecule has 1 heterocycles. The van der Waals surface area contributed by atoms with E-state index < -0.39 is 6.61 Å². The standard InChI is InChI=1S/C18H17F2NO2/c1-12-8-9-15-13(11-12)5-4-10-21(15)17(22)14-6-2-3-7-16(14)23-18(19)20/h2-3,6-9,11,18H,4-5,10H2,1H3. The van der Waals surface area contributed by atoms with Gasteiger partial charge >= 0.3 is 6.61 Å². The molecule has 1 amide bonds. The number of hydrogen-bond donors (Lipinski definition) is 0. The normalized spacial score (nSPS) is 13.8. The Morgan fingerprint density at radius 2 is 2.00 bits per heavy atom. The lowest BCUT2D eigenvalue weighted by molar-refractivity contribution is -0.0501. The second-order valence-corrected chi connectivity index (χ2v) is 5.57. The fourth-order valence-electron chi connectivity index (χ4n) is 2.92. The molecule has 1 aliphatic rings. The minimum atomic E-state index is -2.96. The van der Waals surface area contributed by atoms with E-state index in [-0.39, 0.29) is 17.2 Å². The molecule has 0 bridgehead atoms. The second-order valence-electron chi connectivity index (χ2n) is 5.57. The van der Waals surface area contributed by atoms with Gasteiger partial charge in [0.2, 0.25) is 0 Å². The van der Waals surface area contributed by atoms with Gasteiger partial charge in [-0.1, -0.05) is 29.8 Å². The first kappa shape index (κ1) is 15.5. The number of carbonyl (C=O) groups is 1. The number of fused-ring (bicyclic) bond motifs is 1. The number of carbonyl (C=O) groups excluding carboxylic acids is 1. The number of ether oxygens (including phenoxy) is 1. The summed E-state index contributed by atoms with van der Waals surface area (Å²) in [5.41, 5.74) is 3.25. The van der Waals surface area contributed by atoms with Crippen LogP contribution in [0.2, 0.25) is 0 Å². The Labute approximate surface area is 133 Å². The van der Waals surface area contributed by atoms with Crippen molar-refractivity contribution in [2.45, 2.75) is 26.4 Å². The summed E-state index contributed by atoms with van der Waals surface area (Å²) < 4.78 is 29.6. The maximum Gasteiger partial charge on any atom is 0.387 e. The van der Waals surface area contributed by atoms with Crippen LogP contribution in [0, 0.1) is 6.92 Å². The van der Waals surface area contributed by atoms with Crippen LogP contribution in [-0.2, 0) is 6.42 Å². The molecular weight excluding hydrogens is 300 g/mol. The van der Waals surface area contributed by atoms with E-state index in [1.54, 1.807) is 17.0 Å². The molecule has 2 aromatic rings. The zero-order valence-electron chi connectivity index (χ0n) is 12.8. The maximum absolute atomic E-state index is 12.9. The summed E-state index contributed by atoms with van der Waals surface area (Å²) in [5, 5.41) is 0. The lowest BCUT2D eigenvalue weighted by Gasteiger charge is -2.30. The Morgan fingerprint density at radius 1 is 1.22 bits per heavy atom. The number of benzene rings is 2. The first-order valence-corrected chi connectivity index (χ1v) is 7.51. The van der Waals surface area contributed by atoms with Gasteiger partial charge in [0.1, 0.15) is 5.75 Å². The minimum Gasteiger partial charge on any atom is -0.434 e. The Balaban J connectivity index is 1.97. The molecular formula is C18H17F2NO2. The number of hydrogen-bond acceptors (Lipinski definition) is 2. The van der Waals surface area contributed by atoms with Crippen LogP contribution in [0.3, 0.4) is 0 Å². The van der Waals surface area contributed by atoms with Gasteiger partial charge in [-0.05, 0) is 43.5 Å². The van der Waals surface area contributed by atoms with E-state index in [9.17, 15) is 13.6 Å². The van der Waals surface area contributed by atoms with Crippen LogP contribution in [0.15, 0.2) is 42.5 Å². The molecule has 5 heteroatoms. The van der Waals surface area contributed by atoms with Crippen molar-refractivity contribution in [2.24, 2.45) is 0 Å². The number of para-hydroxylation sites is 1. The van der Waals surface area contributed by atoms with Crippen molar-refractivity contribution >= 4 is 11.6 Å². The third-order valence-corrected chi connectivity index (χ3v) is 3.93. The van der Waals surface area contributed by atoms with E-state index in [0.717, 1.165) is 29.7 Å². The lowest BCUT2D eigenvalue weighted by Crippen LogP contribution is -2.35. The van der Waals surface area contributed by atoms with Crippen LogP contribution in [0.25, 0.3) is 0 Å². The van der Waals surface area contributed by atoms with Crippen molar-refractivity contribution in [1.29, 1.82) is 0 Å². The molecule has 0 fully saturated rings. The van der Waals surface area contributed by atoms with Gasteiger partial charge in [-0.15, -0.1) is 0 Å². The molecule has 3 rings (SSSR count). The highest BCUT2D eigenvalue weighted by molar-refractivity contribution is 6.08. The van der Waals surface area contributed by atoms with E-state index in [1.807, 2.05) is 19.1 Å². The highest BCUT2D eigenvalue weighted by atomic mass is 19.3. The number of aryl methyl sites for hydroxylation is 2. The van der Waals surface area contributed by atoms with Crippen molar-refractivity contribution in [3.63, 3.8) is 0 Å². The Morgan fingerprint density at radius 3 is 2.78 bits per heavy atom. The third kappa shape index (κ3) is 3.18. The summed E-state index contributed by atoms with van der Waals surface area (Å²) >= 11 is 0. The maximum atomic E-state index is 12.9. The Bertz CT molecular complexity index is 731. The number of amides is 1. The first-order chi connectivity index (χ1) is 11.1. The molecule has 0 unspecified atom stereocenters. The quantitative estimate of drug-likeness (QED) is 0.849. The van der Waals surface area contributed by atoms with Gasteiger partial charge in [0.25, 0.3) is 5.91 Å². The number of anilines is 1. The molecule has 23 heavy (non-hydrogen) atoms. The van der Waals surface area contributed by atoms with Crippen molar-refractivity contribution in [3.8, 4) is 5.75 Å². The summed E-state index contributed by atoms with van der Waals surface area (Å²) in [6.45, 7) is -0.384. The molecule has 0 spiro atoms. The van der Waals surface area contributed by atoms with Gasteiger partial charge in [-0.25, -0.2) is 0 Å². The molecule has 0 radical (unpaired) electrons. The molecule has 3 nitrogen and oxygen atoms in total. The van der Waals surface area contributed by atoms with Crippen LogP contribution in [0.1, 0.15) is 27.9 Å². The number of alkyl halides is 2. The zero-order chi connectivity index (χ0) is 16.4. The van der Waals surface area contributed by atoms with Crippen molar-refractivity contribution < 1.29 is 18.3 Å². The average Bonchev–Trinajstić information content (AvgIpc) is 2.53. The predicted octanol–water partition coefficient (Wildman–Crippen LogP) is 4.19. The fraction of sp³-hybridized carbons (Fsp3) is 0.278. The molecule has 0 N–H and O–H groups in total. The summed E-state index contributed by atoms with van der Waals surface area (Å²) in [7, 11) is 0. The molecule has 0 aromatic heterocycles. The monoisotopic (exact) mass is 317 g/mol. The second kappa shape index (κ2) is 6.36. The highest BCUT2D eigenvalue weighted by Crippen LogP contribution is 2.31. The largest absolute Gasteiger partial charge is 0.434 e. The Hall–Kier alpha value is -2.43. The van der Waals surface area contributed by atoms with Gasteiger partial charge in [-0.3, -0.25) is 4.79 Å². The van der Waals surface area contributed by atoms with Gasteiger partial charge < -0.3 is 9.64 Å². The lowest BCUT2D eigenvalue weighted by atomic mass is 9.98. The highest BCUT2D eigenvalue weighted by Gasteiger charge is 2.26. The SMILES string of the molecule is Cc1ccc2c(c1)CCCN2C(=O)c1ccccc1OC(F)F. The van der Waals surface area contributed by atoms with E-state index in [0.29, 0.717) is 6.54 Å². The van der Waals surface area contributed by atoms with E-state index >= 15 is 0 Å². The molecule has 0 saturated heterocycles. The van der Waals surface area contributed by atoms with Crippen LogP contribution < -0.4 is 9.64 Å². The van der Waals surface area contributed by atoms with Crippen molar-refractivity contribution in [2.75, 3.05) is 11.4 Å². The summed E-state index contributed by atoms with van der Waals surface area (Å²) in [6, 6.07) is 12.1. The predicted molar refractivity (Wildman–Crippen MR) is 84.3 cm³/mol. The summed E-state index contributed by atoms with van der Waals surface area (Å²) in [4.78, 5) is 14.5. The van der Waals surface area contributed by atoms with Gasteiger partial charge in [-0.2, -0.15) is 8.78 Å². The zero-order valence-corrected chi connectivity index (χ0v) is 12.8. The van der Waals surface area contributed by atoms with Crippen molar-refractivity contribution in [1.82, 2.24) is 0 Å².